The van der Waals surface area contributed by atoms with E-state index in [0.717, 1.165) is 33.6 Å². The number of hydrogen-bond donors (Lipinski definition) is 1. The van der Waals surface area contributed by atoms with Gasteiger partial charge in [-0.05, 0) is 25.5 Å². The van der Waals surface area contributed by atoms with E-state index >= 15 is 0 Å². The minimum absolute atomic E-state index is 0.174. The molecule has 0 saturated carbocycles. The number of rotatable bonds is 5. The van der Waals surface area contributed by atoms with Gasteiger partial charge in [0.25, 0.3) is 5.56 Å². The van der Waals surface area contributed by atoms with Gasteiger partial charge in [0, 0.05) is 11.8 Å². The van der Waals surface area contributed by atoms with Crippen LogP contribution in [-0.2, 0) is 19.6 Å². The van der Waals surface area contributed by atoms with Crippen LogP contribution in [0.2, 0.25) is 0 Å². The molecule has 2 heterocycles. The maximum Gasteiger partial charge on any atom is 0.289 e. The summed E-state index contributed by atoms with van der Waals surface area (Å²) in [7, 11) is 2.01. The summed E-state index contributed by atoms with van der Waals surface area (Å²) in [5, 5.41) is 14.7. The number of benzene rings is 1. The lowest BCUT2D eigenvalue weighted by Gasteiger charge is -2.16. The van der Waals surface area contributed by atoms with Gasteiger partial charge in [0.2, 0.25) is 0 Å². The first kappa shape index (κ1) is 17.9. The largest absolute Gasteiger partial charge is 0.461 e. The first-order valence-corrected chi connectivity index (χ1v) is 8.75. The Kier molecular flexibility index (Phi) is 4.92. The number of aromatic nitrogens is 2. The highest BCUT2D eigenvalue weighted by Gasteiger charge is 2.18. The van der Waals surface area contributed by atoms with E-state index in [1.807, 2.05) is 38.2 Å². The molecule has 0 radical (unpaired) electrons. The molecule has 0 aliphatic heterocycles. The Labute approximate surface area is 152 Å². The third-order valence-electron chi connectivity index (χ3n) is 4.75. The molecule has 0 amide bonds. The zero-order valence-corrected chi connectivity index (χ0v) is 15.6. The molecule has 1 atom stereocenters. The Morgan fingerprint density at radius 1 is 1.31 bits per heavy atom. The molecule has 1 aromatic carbocycles. The second-order valence-corrected chi connectivity index (χ2v) is 6.65. The quantitative estimate of drug-likeness (QED) is 0.759. The summed E-state index contributed by atoms with van der Waals surface area (Å²) in [6.07, 6.45) is 0.817. The number of nitrogens with zero attached hydrogens (tertiary/aromatic N) is 3. The third-order valence-corrected chi connectivity index (χ3v) is 4.75. The molecule has 0 saturated heterocycles. The fourth-order valence-corrected chi connectivity index (χ4v) is 3.25. The van der Waals surface area contributed by atoms with Crippen LogP contribution >= 0.6 is 0 Å². The molecule has 26 heavy (non-hydrogen) atoms. The highest BCUT2D eigenvalue weighted by molar-refractivity contribution is 5.82. The van der Waals surface area contributed by atoms with Gasteiger partial charge >= 0.3 is 0 Å². The van der Waals surface area contributed by atoms with Crippen molar-refractivity contribution in [1.82, 2.24) is 9.78 Å². The Morgan fingerprint density at radius 2 is 2.04 bits per heavy atom. The molecule has 0 spiro atoms. The molecule has 0 fully saturated rings. The van der Waals surface area contributed by atoms with E-state index in [-0.39, 0.29) is 11.1 Å². The van der Waals surface area contributed by atoms with Crippen LogP contribution in [0.15, 0.2) is 33.5 Å². The number of fused-ring (bicyclic) bond motifs is 1. The van der Waals surface area contributed by atoms with Crippen LogP contribution in [-0.4, -0.2) is 16.8 Å². The normalized spacial score (nSPS) is 12.3. The average Bonchev–Trinajstić information content (AvgIpc) is 2.98. The zero-order chi connectivity index (χ0) is 18.8. The minimum atomic E-state index is -0.331. The van der Waals surface area contributed by atoms with E-state index in [4.69, 9.17) is 4.42 Å². The lowest BCUT2D eigenvalue weighted by molar-refractivity contribution is -0.917. The SMILES string of the molecule is CCc1oc2ccccc2c1C[NH+](C)Cn1nc(C)c(C)c(C#N)c1=O. The van der Waals surface area contributed by atoms with Crippen molar-refractivity contribution in [2.24, 2.45) is 0 Å². The number of quaternary nitrogens is 1. The number of hydrogen-bond acceptors (Lipinski definition) is 4. The molecular formula is C20H23N4O2+. The van der Waals surface area contributed by atoms with Gasteiger partial charge in [-0.15, -0.1) is 0 Å². The maximum atomic E-state index is 12.5. The van der Waals surface area contributed by atoms with E-state index < -0.39 is 0 Å². The lowest BCUT2D eigenvalue weighted by atomic mass is 10.1. The van der Waals surface area contributed by atoms with Crippen molar-refractivity contribution in [3.8, 4) is 6.07 Å². The van der Waals surface area contributed by atoms with E-state index in [2.05, 4.69) is 18.1 Å². The number of para-hydroxylation sites is 1. The lowest BCUT2D eigenvalue weighted by Crippen LogP contribution is -3.07. The van der Waals surface area contributed by atoms with Crippen molar-refractivity contribution >= 4 is 11.0 Å². The van der Waals surface area contributed by atoms with E-state index in [1.165, 1.54) is 4.68 Å². The number of nitrogens with one attached hydrogen (secondary N) is 1. The Hall–Kier alpha value is -2.91. The Balaban J connectivity index is 1.92. The highest BCUT2D eigenvalue weighted by Crippen LogP contribution is 2.25. The van der Waals surface area contributed by atoms with Gasteiger partial charge in [0.05, 0.1) is 18.3 Å². The summed E-state index contributed by atoms with van der Waals surface area (Å²) in [6, 6.07) is 10.0. The molecule has 0 aliphatic carbocycles. The summed E-state index contributed by atoms with van der Waals surface area (Å²) in [5.74, 6) is 0.976. The monoisotopic (exact) mass is 351 g/mol. The molecule has 2 aromatic heterocycles. The van der Waals surface area contributed by atoms with Gasteiger partial charge in [-0.2, -0.15) is 15.0 Å². The van der Waals surface area contributed by atoms with Crippen LogP contribution in [0.25, 0.3) is 11.0 Å². The summed E-state index contributed by atoms with van der Waals surface area (Å²) in [4.78, 5) is 13.6. The summed E-state index contributed by atoms with van der Waals surface area (Å²) in [6.45, 7) is 6.75. The van der Waals surface area contributed by atoms with Gasteiger partial charge in [0.1, 0.15) is 29.5 Å². The van der Waals surface area contributed by atoms with Crippen LogP contribution in [0, 0.1) is 25.2 Å². The molecule has 0 bridgehead atoms. The van der Waals surface area contributed by atoms with Crippen molar-refractivity contribution < 1.29 is 9.32 Å². The highest BCUT2D eigenvalue weighted by atomic mass is 16.3. The van der Waals surface area contributed by atoms with Gasteiger partial charge in [-0.25, -0.2) is 0 Å². The van der Waals surface area contributed by atoms with Gasteiger partial charge in [0.15, 0.2) is 6.67 Å². The summed E-state index contributed by atoms with van der Waals surface area (Å²) < 4.78 is 7.35. The molecule has 134 valence electrons. The predicted octanol–water partition coefficient (Wildman–Crippen LogP) is 1.71. The zero-order valence-electron chi connectivity index (χ0n) is 15.6. The standard InChI is InChI=1S/C20H22N4O2/c1-5-18-17(15-8-6-7-9-19(15)26-18)11-23(4)12-24-20(25)16(10-21)13(2)14(3)22-24/h6-9H,5,11-12H2,1-4H3/p+1. The van der Waals surface area contributed by atoms with Crippen LogP contribution in [0.3, 0.4) is 0 Å². The van der Waals surface area contributed by atoms with Crippen molar-refractivity contribution in [1.29, 1.82) is 5.26 Å². The first-order valence-electron chi connectivity index (χ1n) is 8.75. The average molecular weight is 351 g/mol. The molecule has 6 heteroatoms. The van der Waals surface area contributed by atoms with Crippen molar-refractivity contribution in [2.75, 3.05) is 7.05 Å². The van der Waals surface area contributed by atoms with Crippen LogP contribution < -0.4 is 10.5 Å². The van der Waals surface area contributed by atoms with E-state index in [9.17, 15) is 10.1 Å². The minimum Gasteiger partial charge on any atom is -0.461 e. The smallest absolute Gasteiger partial charge is 0.289 e. The van der Waals surface area contributed by atoms with Gasteiger partial charge in [-0.1, -0.05) is 25.1 Å². The summed E-state index contributed by atoms with van der Waals surface area (Å²) in [5.41, 5.74) is 3.26. The second kappa shape index (κ2) is 7.14. The summed E-state index contributed by atoms with van der Waals surface area (Å²) >= 11 is 0. The van der Waals surface area contributed by atoms with Gasteiger partial charge in [-0.3, -0.25) is 4.79 Å². The predicted molar refractivity (Wildman–Crippen MR) is 98.9 cm³/mol. The van der Waals surface area contributed by atoms with E-state index in [1.54, 1.807) is 6.92 Å². The fraction of sp³-hybridized carbons (Fsp3) is 0.350. The second-order valence-electron chi connectivity index (χ2n) is 6.65. The van der Waals surface area contributed by atoms with Crippen molar-refractivity contribution in [2.45, 2.75) is 40.4 Å². The molecular weight excluding hydrogens is 328 g/mol. The maximum absolute atomic E-state index is 12.5. The Morgan fingerprint density at radius 3 is 2.73 bits per heavy atom. The van der Waals surface area contributed by atoms with Crippen LogP contribution in [0.5, 0.6) is 0 Å². The van der Waals surface area contributed by atoms with Crippen LogP contribution in [0.4, 0.5) is 0 Å². The van der Waals surface area contributed by atoms with Crippen molar-refractivity contribution in [3.05, 3.63) is 62.8 Å². The molecule has 0 aliphatic rings. The first-order chi connectivity index (χ1) is 12.5. The number of nitriles is 1. The molecule has 3 aromatic rings. The fourth-order valence-electron chi connectivity index (χ4n) is 3.25. The topological polar surface area (TPSA) is 76.3 Å². The van der Waals surface area contributed by atoms with Crippen molar-refractivity contribution in [3.63, 3.8) is 0 Å². The Bertz CT molecular complexity index is 1060. The molecule has 3 rings (SSSR count). The molecule has 1 N–H and O–H groups in total. The van der Waals surface area contributed by atoms with Crippen LogP contribution in [0.1, 0.15) is 35.1 Å². The number of aryl methyl sites for hydroxylation is 2. The van der Waals surface area contributed by atoms with E-state index in [0.29, 0.717) is 24.5 Å². The molecule has 1 unspecified atom stereocenters. The number of furan rings is 1. The third kappa shape index (κ3) is 3.14. The van der Waals surface area contributed by atoms with Gasteiger partial charge < -0.3 is 9.32 Å². The molecule has 6 nitrogen and oxygen atoms in total.